The van der Waals surface area contributed by atoms with E-state index in [1.54, 1.807) is 18.3 Å². The number of phenols is 1. The maximum atomic E-state index is 9.98. The summed E-state index contributed by atoms with van der Waals surface area (Å²) in [5, 5.41) is 13.8. The molecule has 1 aromatic heterocycles. The fourth-order valence-electron chi connectivity index (χ4n) is 1.96. The average Bonchev–Trinajstić information content (AvgIpc) is 2.95. The standard InChI is InChI=1S/C14H18ClN3O2/c1-20-12-8-11(15)7-10(14(12)19)9-16-4-2-3-13-17-5-6-18-13/h5-8,16,19H,2-4,9H2,1H3,(H,17,18). The highest BCUT2D eigenvalue weighted by molar-refractivity contribution is 6.30. The van der Waals surface area contributed by atoms with E-state index in [1.165, 1.54) is 7.11 Å². The second-order valence-corrected chi connectivity index (χ2v) is 4.87. The highest BCUT2D eigenvalue weighted by atomic mass is 35.5. The molecule has 6 heteroatoms. The number of imidazole rings is 1. The minimum Gasteiger partial charge on any atom is -0.504 e. The summed E-state index contributed by atoms with van der Waals surface area (Å²) in [6, 6.07) is 3.33. The number of aryl methyl sites for hydroxylation is 1. The number of aromatic amines is 1. The molecule has 0 bridgehead atoms. The molecule has 0 unspecified atom stereocenters. The number of aromatic hydroxyl groups is 1. The molecule has 108 valence electrons. The Morgan fingerprint density at radius 2 is 2.30 bits per heavy atom. The first-order valence-corrected chi connectivity index (χ1v) is 6.83. The summed E-state index contributed by atoms with van der Waals surface area (Å²) in [6.45, 7) is 1.37. The van der Waals surface area contributed by atoms with E-state index in [9.17, 15) is 5.11 Å². The van der Waals surface area contributed by atoms with Crippen LogP contribution in [0.25, 0.3) is 0 Å². The fraction of sp³-hybridized carbons (Fsp3) is 0.357. The number of phenolic OH excluding ortho intramolecular Hbond substituents is 1. The molecular formula is C14H18ClN3O2. The molecule has 20 heavy (non-hydrogen) atoms. The van der Waals surface area contributed by atoms with Crippen LogP contribution in [0, 0.1) is 0 Å². The predicted octanol–water partition coefficient (Wildman–Crippen LogP) is 2.50. The van der Waals surface area contributed by atoms with Gasteiger partial charge in [0.05, 0.1) is 7.11 Å². The Morgan fingerprint density at radius 1 is 1.45 bits per heavy atom. The molecule has 5 nitrogen and oxygen atoms in total. The van der Waals surface area contributed by atoms with Crippen LogP contribution in [-0.2, 0) is 13.0 Å². The summed E-state index contributed by atoms with van der Waals surface area (Å²) < 4.78 is 5.07. The van der Waals surface area contributed by atoms with Crippen LogP contribution in [0.1, 0.15) is 17.8 Å². The fourth-order valence-corrected chi connectivity index (χ4v) is 2.19. The quantitative estimate of drug-likeness (QED) is 0.687. The van der Waals surface area contributed by atoms with Gasteiger partial charge in [0.1, 0.15) is 5.82 Å². The number of hydrogen-bond acceptors (Lipinski definition) is 4. The Kier molecular flexibility index (Phi) is 5.26. The zero-order valence-electron chi connectivity index (χ0n) is 11.3. The van der Waals surface area contributed by atoms with Gasteiger partial charge in [0.2, 0.25) is 0 Å². The molecule has 2 rings (SSSR count). The van der Waals surface area contributed by atoms with Gasteiger partial charge in [0.25, 0.3) is 0 Å². The third kappa shape index (κ3) is 3.88. The van der Waals surface area contributed by atoms with Crippen molar-refractivity contribution in [3.63, 3.8) is 0 Å². The number of aromatic nitrogens is 2. The Balaban J connectivity index is 1.80. The zero-order chi connectivity index (χ0) is 14.4. The van der Waals surface area contributed by atoms with E-state index >= 15 is 0 Å². The molecule has 0 fully saturated rings. The maximum Gasteiger partial charge on any atom is 0.162 e. The molecule has 0 aliphatic rings. The highest BCUT2D eigenvalue weighted by Gasteiger charge is 2.09. The van der Waals surface area contributed by atoms with Gasteiger partial charge in [0, 0.05) is 42.0 Å². The molecule has 0 amide bonds. The molecule has 1 heterocycles. The lowest BCUT2D eigenvalue weighted by Crippen LogP contribution is -2.15. The summed E-state index contributed by atoms with van der Waals surface area (Å²) >= 11 is 5.98. The van der Waals surface area contributed by atoms with Crippen molar-refractivity contribution in [1.82, 2.24) is 15.3 Å². The molecule has 0 aliphatic heterocycles. The van der Waals surface area contributed by atoms with Crippen molar-refractivity contribution in [2.75, 3.05) is 13.7 Å². The van der Waals surface area contributed by atoms with Gasteiger partial charge in [0.15, 0.2) is 11.5 Å². The van der Waals surface area contributed by atoms with Crippen LogP contribution in [0.3, 0.4) is 0 Å². The first-order chi connectivity index (χ1) is 9.70. The smallest absolute Gasteiger partial charge is 0.162 e. The molecule has 1 aromatic carbocycles. The van der Waals surface area contributed by atoms with Gasteiger partial charge in [-0.25, -0.2) is 4.98 Å². The average molecular weight is 296 g/mol. The second-order valence-electron chi connectivity index (χ2n) is 4.43. The maximum absolute atomic E-state index is 9.98. The lowest BCUT2D eigenvalue weighted by atomic mass is 10.2. The van der Waals surface area contributed by atoms with E-state index in [-0.39, 0.29) is 5.75 Å². The topological polar surface area (TPSA) is 70.2 Å². The molecule has 0 saturated carbocycles. The van der Waals surface area contributed by atoms with E-state index in [2.05, 4.69) is 15.3 Å². The van der Waals surface area contributed by atoms with Gasteiger partial charge in [-0.1, -0.05) is 11.6 Å². The number of halogens is 1. The molecule has 0 radical (unpaired) electrons. The van der Waals surface area contributed by atoms with E-state index in [4.69, 9.17) is 16.3 Å². The molecule has 2 aromatic rings. The Hall–Kier alpha value is -1.72. The van der Waals surface area contributed by atoms with Crippen LogP contribution in [-0.4, -0.2) is 28.7 Å². The summed E-state index contributed by atoms with van der Waals surface area (Å²) in [6.07, 6.45) is 5.43. The first kappa shape index (κ1) is 14.7. The zero-order valence-corrected chi connectivity index (χ0v) is 12.1. The van der Waals surface area contributed by atoms with Crippen LogP contribution >= 0.6 is 11.6 Å². The van der Waals surface area contributed by atoms with Crippen LogP contribution in [0.5, 0.6) is 11.5 Å². The number of hydrogen-bond donors (Lipinski definition) is 3. The molecular weight excluding hydrogens is 278 g/mol. The Labute approximate surface area is 123 Å². The van der Waals surface area contributed by atoms with E-state index in [0.29, 0.717) is 17.3 Å². The number of nitrogens with one attached hydrogen (secondary N) is 2. The van der Waals surface area contributed by atoms with Gasteiger partial charge in [-0.2, -0.15) is 0 Å². The number of rotatable bonds is 7. The molecule has 3 N–H and O–H groups in total. The van der Waals surface area contributed by atoms with Gasteiger partial charge in [-0.05, 0) is 19.0 Å². The second kappa shape index (κ2) is 7.17. The summed E-state index contributed by atoms with van der Waals surface area (Å²) in [5.74, 6) is 1.51. The van der Waals surface area contributed by atoms with E-state index in [0.717, 1.165) is 30.8 Å². The number of nitrogens with zero attached hydrogens (tertiary/aromatic N) is 1. The first-order valence-electron chi connectivity index (χ1n) is 6.45. The Bertz CT molecular complexity index is 544. The predicted molar refractivity (Wildman–Crippen MR) is 78.3 cm³/mol. The van der Waals surface area contributed by atoms with Crippen LogP contribution in [0.4, 0.5) is 0 Å². The lowest BCUT2D eigenvalue weighted by molar-refractivity contribution is 0.369. The van der Waals surface area contributed by atoms with Crippen molar-refractivity contribution in [3.8, 4) is 11.5 Å². The molecule has 0 spiro atoms. The van der Waals surface area contributed by atoms with Gasteiger partial charge in [-0.15, -0.1) is 0 Å². The Morgan fingerprint density at radius 3 is 3.00 bits per heavy atom. The van der Waals surface area contributed by atoms with Crippen LogP contribution in [0.2, 0.25) is 5.02 Å². The minimum atomic E-state index is 0.135. The third-order valence-electron chi connectivity index (χ3n) is 2.98. The normalized spacial score (nSPS) is 10.7. The molecule has 0 saturated heterocycles. The number of methoxy groups -OCH3 is 1. The lowest BCUT2D eigenvalue weighted by Gasteiger charge is -2.10. The molecule has 0 atom stereocenters. The van der Waals surface area contributed by atoms with Crippen molar-refractivity contribution in [2.45, 2.75) is 19.4 Å². The summed E-state index contributed by atoms with van der Waals surface area (Å²) in [4.78, 5) is 7.23. The van der Waals surface area contributed by atoms with Crippen molar-refractivity contribution < 1.29 is 9.84 Å². The van der Waals surface area contributed by atoms with Crippen molar-refractivity contribution in [2.24, 2.45) is 0 Å². The monoisotopic (exact) mass is 295 g/mol. The van der Waals surface area contributed by atoms with Gasteiger partial charge in [-0.3, -0.25) is 0 Å². The summed E-state index contributed by atoms with van der Waals surface area (Å²) in [5.41, 5.74) is 0.729. The SMILES string of the molecule is COc1cc(Cl)cc(CNCCCc2ncc[nH]2)c1O. The van der Waals surface area contributed by atoms with Crippen molar-refractivity contribution in [3.05, 3.63) is 40.9 Å². The van der Waals surface area contributed by atoms with Crippen LogP contribution < -0.4 is 10.1 Å². The van der Waals surface area contributed by atoms with Gasteiger partial charge >= 0.3 is 0 Å². The minimum absolute atomic E-state index is 0.135. The van der Waals surface area contributed by atoms with Gasteiger partial charge < -0.3 is 20.1 Å². The molecule has 0 aliphatic carbocycles. The van der Waals surface area contributed by atoms with Crippen molar-refractivity contribution in [1.29, 1.82) is 0 Å². The number of H-pyrrole nitrogens is 1. The van der Waals surface area contributed by atoms with Crippen molar-refractivity contribution >= 4 is 11.6 Å². The number of benzene rings is 1. The van der Waals surface area contributed by atoms with E-state index in [1.807, 2.05) is 6.20 Å². The number of ether oxygens (including phenoxy) is 1. The summed E-state index contributed by atoms with van der Waals surface area (Å²) in [7, 11) is 1.51. The third-order valence-corrected chi connectivity index (χ3v) is 3.19. The largest absolute Gasteiger partial charge is 0.504 e. The highest BCUT2D eigenvalue weighted by Crippen LogP contribution is 2.33. The van der Waals surface area contributed by atoms with E-state index < -0.39 is 0 Å². The van der Waals surface area contributed by atoms with Crippen LogP contribution in [0.15, 0.2) is 24.5 Å².